The minimum atomic E-state index is -3.05. The van der Waals surface area contributed by atoms with E-state index in [2.05, 4.69) is 0 Å². The first-order valence-corrected chi connectivity index (χ1v) is 8.41. The van der Waals surface area contributed by atoms with Gasteiger partial charge in [0.15, 0.2) is 21.3 Å². The van der Waals surface area contributed by atoms with Crippen LogP contribution in [0.25, 0.3) is 0 Å². The molecule has 0 aliphatic carbocycles. The molecule has 1 rings (SSSR count). The summed E-state index contributed by atoms with van der Waals surface area (Å²) < 4.78 is 33.8. The Morgan fingerprint density at radius 3 is 2.50 bits per heavy atom. The van der Waals surface area contributed by atoms with E-state index in [1.807, 2.05) is 6.92 Å². The second-order valence-corrected chi connectivity index (χ2v) is 6.89. The fourth-order valence-corrected chi connectivity index (χ4v) is 2.92. The number of methoxy groups -OCH3 is 1. The van der Waals surface area contributed by atoms with Crippen molar-refractivity contribution in [1.29, 1.82) is 0 Å². The number of benzene rings is 1. The maximum atomic E-state index is 11.6. The van der Waals surface area contributed by atoms with E-state index in [0.717, 1.165) is 0 Å². The summed E-state index contributed by atoms with van der Waals surface area (Å²) in [5.41, 5.74) is 0.716. The molecule has 0 aliphatic heterocycles. The molecule has 0 fully saturated rings. The summed E-state index contributed by atoms with van der Waals surface area (Å²) >= 11 is 0. The van der Waals surface area contributed by atoms with Crippen molar-refractivity contribution in [2.24, 2.45) is 0 Å². The van der Waals surface area contributed by atoms with Crippen LogP contribution in [0, 0.1) is 0 Å². The lowest BCUT2D eigenvalue weighted by Crippen LogP contribution is -2.17. The van der Waals surface area contributed by atoms with E-state index in [1.165, 1.54) is 7.11 Å². The Kier molecular flexibility index (Phi) is 6.29. The van der Waals surface area contributed by atoms with Gasteiger partial charge in [-0.15, -0.1) is 0 Å². The van der Waals surface area contributed by atoms with Crippen LogP contribution in [0.2, 0.25) is 0 Å². The Labute approximate surface area is 120 Å². The summed E-state index contributed by atoms with van der Waals surface area (Å²) in [4.78, 5) is 0. The monoisotopic (exact) mass is 302 g/mol. The highest BCUT2D eigenvalue weighted by Gasteiger charge is 2.12. The van der Waals surface area contributed by atoms with Crippen molar-refractivity contribution in [3.05, 3.63) is 23.8 Å². The molecule has 0 spiro atoms. The molecule has 1 N–H and O–H groups in total. The first-order valence-electron chi connectivity index (χ1n) is 6.59. The van der Waals surface area contributed by atoms with Crippen LogP contribution in [0.1, 0.15) is 31.9 Å². The molecule has 1 aromatic carbocycles. The molecular weight excluding hydrogens is 280 g/mol. The maximum Gasteiger partial charge on any atom is 0.161 e. The van der Waals surface area contributed by atoms with E-state index >= 15 is 0 Å². The van der Waals surface area contributed by atoms with Gasteiger partial charge in [0, 0.05) is 0 Å². The minimum Gasteiger partial charge on any atom is -0.493 e. The zero-order valence-corrected chi connectivity index (χ0v) is 12.9. The van der Waals surface area contributed by atoms with Crippen molar-refractivity contribution in [2.45, 2.75) is 26.4 Å². The number of aliphatic hydroxyl groups excluding tert-OH is 1. The first kappa shape index (κ1) is 16.8. The van der Waals surface area contributed by atoms with Crippen molar-refractivity contribution < 1.29 is 23.0 Å². The van der Waals surface area contributed by atoms with Gasteiger partial charge in [0.25, 0.3) is 0 Å². The molecule has 20 heavy (non-hydrogen) atoms. The summed E-state index contributed by atoms with van der Waals surface area (Å²) in [5.74, 6) is 1.12. The number of sulfone groups is 1. The normalized spacial score (nSPS) is 13.0. The zero-order chi connectivity index (χ0) is 15.2. The lowest BCUT2D eigenvalue weighted by Gasteiger charge is -2.13. The van der Waals surface area contributed by atoms with E-state index < -0.39 is 15.9 Å². The van der Waals surface area contributed by atoms with Crippen LogP contribution in [0.15, 0.2) is 18.2 Å². The minimum absolute atomic E-state index is 0.0118. The Morgan fingerprint density at radius 1 is 1.25 bits per heavy atom. The van der Waals surface area contributed by atoms with E-state index in [1.54, 1.807) is 25.1 Å². The number of hydrogen-bond donors (Lipinski definition) is 1. The number of hydrogen-bond acceptors (Lipinski definition) is 5. The molecule has 0 saturated carbocycles. The predicted octanol–water partition coefficient (Wildman–Crippen LogP) is 1.95. The first-order chi connectivity index (χ1) is 9.39. The third-order valence-electron chi connectivity index (χ3n) is 2.84. The molecule has 0 aliphatic rings. The Morgan fingerprint density at radius 2 is 1.95 bits per heavy atom. The molecule has 0 heterocycles. The molecule has 0 radical (unpaired) electrons. The number of rotatable bonds is 8. The quantitative estimate of drug-likeness (QED) is 0.794. The number of aliphatic hydroxyl groups is 1. The average molecular weight is 302 g/mol. The summed E-state index contributed by atoms with van der Waals surface area (Å²) in [7, 11) is -1.55. The molecule has 0 amide bonds. The Bertz CT molecular complexity index is 522. The number of ether oxygens (including phenoxy) is 2. The van der Waals surface area contributed by atoms with Crippen LogP contribution in [0.4, 0.5) is 0 Å². The van der Waals surface area contributed by atoms with Crippen LogP contribution in [0.5, 0.6) is 11.5 Å². The molecule has 1 atom stereocenters. The van der Waals surface area contributed by atoms with Crippen molar-refractivity contribution in [2.75, 3.05) is 25.2 Å². The van der Waals surface area contributed by atoms with Gasteiger partial charge in [-0.05, 0) is 31.0 Å². The molecule has 6 heteroatoms. The largest absolute Gasteiger partial charge is 0.493 e. The van der Waals surface area contributed by atoms with Gasteiger partial charge in [-0.1, -0.05) is 13.0 Å². The van der Waals surface area contributed by atoms with Gasteiger partial charge in [0.1, 0.15) is 6.61 Å². The molecule has 0 bridgehead atoms. The van der Waals surface area contributed by atoms with Gasteiger partial charge < -0.3 is 14.6 Å². The van der Waals surface area contributed by atoms with E-state index in [4.69, 9.17) is 9.47 Å². The van der Waals surface area contributed by atoms with Gasteiger partial charge in [0.2, 0.25) is 0 Å². The van der Waals surface area contributed by atoms with E-state index in [-0.39, 0.29) is 18.1 Å². The highest BCUT2D eigenvalue weighted by molar-refractivity contribution is 7.91. The standard InChI is InChI=1S/C14H22O5S/c1-4-8-20(16,17)9-7-19-13-6-5-12(11(2)15)10-14(13)18-3/h5-6,10-11,15H,4,7-9H2,1-3H3/t11-/m1/s1. The van der Waals surface area contributed by atoms with E-state index in [0.29, 0.717) is 23.5 Å². The van der Waals surface area contributed by atoms with Gasteiger partial charge in [-0.25, -0.2) is 8.42 Å². The molecule has 0 unspecified atom stereocenters. The van der Waals surface area contributed by atoms with Crippen LogP contribution in [-0.4, -0.2) is 38.7 Å². The summed E-state index contributed by atoms with van der Waals surface area (Å²) in [6, 6.07) is 5.08. The Balaban J connectivity index is 2.69. The third-order valence-corrected chi connectivity index (χ3v) is 4.66. The van der Waals surface area contributed by atoms with E-state index in [9.17, 15) is 13.5 Å². The van der Waals surface area contributed by atoms with Crippen LogP contribution < -0.4 is 9.47 Å². The van der Waals surface area contributed by atoms with Gasteiger partial charge >= 0.3 is 0 Å². The molecule has 5 nitrogen and oxygen atoms in total. The molecule has 1 aromatic rings. The van der Waals surface area contributed by atoms with Crippen molar-refractivity contribution in [3.63, 3.8) is 0 Å². The van der Waals surface area contributed by atoms with Crippen molar-refractivity contribution >= 4 is 9.84 Å². The Hall–Kier alpha value is -1.27. The van der Waals surface area contributed by atoms with Gasteiger partial charge in [-0.2, -0.15) is 0 Å². The molecule has 114 valence electrons. The van der Waals surface area contributed by atoms with Crippen molar-refractivity contribution in [3.8, 4) is 11.5 Å². The lowest BCUT2D eigenvalue weighted by atomic mass is 10.1. The van der Waals surface area contributed by atoms with Crippen molar-refractivity contribution in [1.82, 2.24) is 0 Å². The maximum absolute atomic E-state index is 11.6. The van der Waals surface area contributed by atoms with Gasteiger partial charge in [0.05, 0.1) is 24.7 Å². The lowest BCUT2D eigenvalue weighted by molar-refractivity contribution is 0.198. The van der Waals surface area contributed by atoms with Gasteiger partial charge in [-0.3, -0.25) is 0 Å². The smallest absolute Gasteiger partial charge is 0.161 e. The predicted molar refractivity (Wildman–Crippen MR) is 78.1 cm³/mol. The summed E-state index contributed by atoms with van der Waals surface area (Å²) in [5, 5.41) is 9.50. The third kappa shape index (κ3) is 5.02. The second-order valence-electron chi connectivity index (χ2n) is 4.59. The second kappa shape index (κ2) is 7.50. The molecule has 0 saturated heterocycles. The molecule has 0 aromatic heterocycles. The van der Waals surface area contributed by atoms with Crippen LogP contribution in [-0.2, 0) is 9.84 Å². The SMILES string of the molecule is CCCS(=O)(=O)CCOc1ccc([C@@H](C)O)cc1OC. The zero-order valence-electron chi connectivity index (χ0n) is 12.1. The topological polar surface area (TPSA) is 72.8 Å². The summed E-state index contributed by atoms with van der Waals surface area (Å²) in [6.45, 7) is 3.58. The van der Waals surface area contributed by atoms with Crippen LogP contribution >= 0.6 is 0 Å². The molecular formula is C14H22O5S. The highest BCUT2D eigenvalue weighted by atomic mass is 32.2. The fraction of sp³-hybridized carbons (Fsp3) is 0.571. The van der Waals surface area contributed by atoms with Crippen LogP contribution in [0.3, 0.4) is 0 Å². The fourth-order valence-electron chi connectivity index (χ4n) is 1.75. The highest BCUT2D eigenvalue weighted by Crippen LogP contribution is 2.30. The summed E-state index contributed by atoms with van der Waals surface area (Å²) in [6.07, 6.45) is 0.0113. The average Bonchev–Trinajstić information content (AvgIpc) is 2.38.